The Morgan fingerprint density at radius 3 is 2.43 bits per heavy atom. The highest BCUT2D eigenvalue weighted by Gasteiger charge is 2.39. The van der Waals surface area contributed by atoms with Crippen molar-refractivity contribution < 1.29 is 14.4 Å². The molecule has 1 aliphatic heterocycles. The van der Waals surface area contributed by atoms with Crippen LogP contribution in [0.2, 0.25) is 0 Å². The Balaban J connectivity index is 0.00000132. The highest BCUT2D eigenvalue weighted by molar-refractivity contribution is 5.85. The lowest BCUT2D eigenvalue weighted by Gasteiger charge is -2.35. The van der Waals surface area contributed by atoms with Gasteiger partial charge < -0.3 is 10.4 Å². The maximum absolute atomic E-state index is 13.7. The van der Waals surface area contributed by atoms with Crippen LogP contribution in [0, 0.1) is 21.8 Å². The van der Waals surface area contributed by atoms with E-state index < -0.39 is 22.2 Å². The summed E-state index contributed by atoms with van der Waals surface area (Å²) in [6.45, 7) is 3.26. The first-order valence-electron chi connectivity index (χ1n) is 7.19. The van der Waals surface area contributed by atoms with E-state index in [0.717, 1.165) is 45.1 Å². The van der Waals surface area contributed by atoms with E-state index >= 15 is 0 Å². The standard InChI is InChI=1S/C14H18FN3O3.2ClH/c15-10-7-11(14(19)12(8-10)18(20)21)13(9-1-2-9)17-5-3-16-4-6-17;;/h7-9,13,16,19H,1-6H2;2*1H/t13-;;/m1../s1. The van der Waals surface area contributed by atoms with Gasteiger partial charge in [-0.1, -0.05) is 0 Å². The molecule has 1 saturated heterocycles. The minimum atomic E-state index is -0.733. The average Bonchev–Trinajstić information content (AvgIpc) is 3.28. The number of nitro groups is 1. The number of nitrogens with zero attached hydrogens (tertiary/aromatic N) is 2. The molecule has 2 aliphatic rings. The second-order valence-electron chi connectivity index (χ2n) is 5.69. The fourth-order valence-electron chi connectivity index (χ4n) is 3.09. The SMILES string of the molecule is Cl.Cl.O=[N+]([O-])c1cc(F)cc([C@@H](C2CC2)N2CCNCC2)c1O. The van der Waals surface area contributed by atoms with Crippen LogP contribution >= 0.6 is 24.8 Å². The largest absolute Gasteiger partial charge is 0.502 e. The summed E-state index contributed by atoms with van der Waals surface area (Å²) in [5, 5.41) is 24.4. The number of phenolic OH excluding ortho intramolecular Hbond substituents is 1. The summed E-state index contributed by atoms with van der Waals surface area (Å²) in [5.74, 6) is -0.720. The van der Waals surface area contributed by atoms with Crippen molar-refractivity contribution in [3.05, 3.63) is 33.6 Å². The third-order valence-corrected chi connectivity index (χ3v) is 4.21. The predicted octanol–water partition coefficient (Wildman–Crippen LogP) is 2.64. The fourth-order valence-corrected chi connectivity index (χ4v) is 3.09. The lowest BCUT2D eigenvalue weighted by atomic mass is 9.97. The van der Waals surface area contributed by atoms with Gasteiger partial charge in [-0.2, -0.15) is 0 Å². The zero-order valence-electron chi connectivity index (χ0n) is 12.4. The van der Waals surface area contributed by atoms with Crippen molar-refractivity contribution in [1.29, 1.82) is 0 Å². The van der Waals surface area contributed by atoms with Gasteiger partial charge >= 0.3 is 5.69 Å². The van der Waals surface area contributed by atoms with E-state index in [1.54, 1.807) is 0 Å². The number of phenols is 1. The number of hydrogen-bond donors (Lipinski definition) is 2. The van der Waals surface area contributed by atoms with Gasteiger partial charge in [-0.3, -0.25) is 15.0 Å². The Morgan fingerprint density at radius 1 is 1.30 bits per heavy atom. The second kappa shape index (κ2) is 8.10. The first kappa shape index (κ1) is 19.9. The van der Waals surface area contributed by atoms with Gasteiger partial charge in [0.1, 0.15) is 5.82 Å². The van der Waals surface area contributed by atoms with Gasteiger partial charge in [0.2, 0.25) is 0 Å². The number of nitrogens with one attached hydrogen (secondary N) is 1. The van der Waals surface area contributed by atoms with Crippen LogP contribution < -0.4 is 5.32 Å². The van der Waals surface area contributed by atoms with Crippen molar-refractivity contribution in [2.45, 2.75) is 18.9 Å². The van der Waals surface area contributed by atoms with Crippen molar-refractivity contribution in [2.75, 3.05) is 26.2 Å². The maximum atomic E-state index is 13.7. The molecule has 0 radical (unpaired) electrons. The quantitative estimate of drug-likeness (QED) is 0.631. The Hall–Kier alpha value is -1.15. The molecule has 6 nitrogen and oxygen atoms in total. The van der Waals surface area contributed by atoms with E-state index in [2.05, 4.69) is 10.2 Å². The van der Waals surface area contributed by atoms with Crippen LogP contribution in [0.4, 0.5) is 10.1 Å². The lowest BCUT2D eigenvalue weighted by Crippen LogP contribution is -2.45. The molecule has 0 aromatic heterocycles. The molecule has 1 aromatic rings. The van der Waals surface area contributed by atoms with Crippen LogP contribution in [0.5, 0.6) is 5.75 Å². The molecule has 130 valence electrons. The van der Waals surface area contributed by atoms with Crippen LogP contribution in [0.3, 0.4) is 0 Å². The van der Waals surface area contributed by atoms with Crippen molar-refractivity contribution in [3.8, 4) is 5.75 Å². The molecule has 0 amide bonds. The smallest absolute Gasteiger partial charge is 0.313 e. The van der Waals surface area contributed by atoms with Crippen LogP contribution in [0.15, 0.2) is 12.1 Å². The number of rotatable bonds is 4. The number of halogens is 3. The molecule has 0 bridgehead atoms. The average molecular weight is 368 g/mol. The van der Waals surface area contributed by atoms with Gasteiger partial charge in [-0.25, -0.2) is 4.39 Å². The van der Waals surface area contributed by atoms with Gasteiger partial charge in [0.25, 0.3) is 0 Å². The minimum absolute atomic E-state index is 0. The molecule has 0 unspecified atom stereocenters. The summed E-state index contributed by atoms with van der Waals surface area (Å²) >= 11 is 0. The molecule has 0 spiro atoms. The van der Waals surface area contributed by atoms with Gasteiger partial charge in [-0.05, 0) is 24.8 Å². The summed E-state index contributed by atoms with van der Waals surface area (Å²) in [7, 11) is 0. The van der Waals surface area contributed by atoms with Crippen LogP contribution in [0.1, 0.15) is 24.4 Å². The number of benzene rings is 1. The van der Waals surface area contributed by atoms with Gasteiger partial charge in [-0.15, -0.1) is 24.8 Å². The van der Waals surface area contributed by atoms with E-state index in [9.17, 15) is 19.6 Å². The molecular formula is C14H20Cl2FN3O3. The first-order valence-corrected chi connectivity index (χ1v) is 7.19. The third kappa shape index (κ3) is 4.23. The van der Waals surface area contributed by atoms with Gasteiger partial charge in [0, 0.05) is 37.8 Å². The third-order valence-electron chi connectivity index (χ3n) is 4.21. The highest BCUT2D eigenvalue weighted by atomic mass is 35.5. The highest BCUT2D eigenvalue weighted by Crippen LogP contribution is 2.48. The zero-order valence-corrected chi connectivity index (χ0v) is 14.0. The monoisotopic (exact) mass is 367 g/mol. The second-order valence-corrected chi connectivity index (χ2v) is 5.69. The molecule has 1 heterocycles. The van der Waals surface area contributed by atoms with Crippen molar-refractivity contribution in [1.82, 2.24) is 10.2 Å². The Kier molecular flexibility index (Phi) is 7.01. The lowest BCUT2D eigenvalue weighted by molar-refractivity contribution is -0.386. The molecule has 1 atom stereocenters. The summed E-state index contributed by atoms with van der Waals surface area (Å²) < 4.78 is 13.7. The van der Waals surface area contributed by atoms with Gasteiger partial charge in [0.15, 0.2) is 5.75 Å². The van der Waals surface area contributed by atoms with E-state index in [4.69, 9.17) is 0 Å². The predicted molar refractivity (Wildman–Crippen MR) is 89.1 cm³/mol. The van der Waals surface area contributed by atoms with Crippen molar-refractivity contribution in [2.24, 2.45) is 5.92 Å². The minimum Gasteiger partial charge on any atom is -0.502 e. The molecule has 23 heavy (non-hydrogen) atoms. The van der Waals surface area contributed by atoms with Crippen LogP contribution in [0.25, 0.3) is 0 Å². The summed E-state index contributed by atoms with van der Waals surface area (Å²) in [4.78, 5) is 12.4. The first-order chi connectivity index (χ1) is 10.1. The molecule has 2 fully saturated rings. The Morgan fingerprint density at radius 2 is 1.91 bits per heavy atom. The molecule has 1 saturated carbocycles. The van der Waals surface area contributed by atoms with E-state index in [1.807, 2.05) is 0 Å². The number of nitro benzene ring substituents is 1. The number of aromatic hydroxyl groups is 1. The van der Waals surface area contributed by atoms with Gasteiger partial charge in [0.05, 0.1) is 11.0 Å². The van der Waals surface area contributed by atoms with E-state index in [1.165, 1.54) is 6.07 Å². The van der Waals surface area contributed by atoms with Crippen LogP contribution in [-0.4, -0.2) is 41.1 Å². The zero-order chi connectivity index (χ0) is 15.0. The number of hydrogen-bond acceptors (Lipinski definition) is 5. The summed E-state index contributed by atoms with van der Waals surface area (Å²) in [6, 6.07) is 1.88. The molecule has 1 aromatic carbocycles. The normalized spacial score (nSPS) is 19.3. The molecule has 3 rings (SSSR count). The topological polar surface area (TPSA) is 78.6 Å². The number of piperazine rings is 1. The fraction of sp³-hybridized carbons (Fsp3) is 0.571. The molecule has 9 heteroatoms. The van der Waals surface area contributed by atoms with Crippen LogP contribution in [-0.2, 0) is 0 Å². The van der Waals surface area contributed by atoms with E-state index in [0.29, 0.717) is 11.5 Å². The molecule has 2 N–H and O–H groups in total. The Bertz CT molecular complexity index is 566. The molecule has 1 aliphatic carbocycles. The van der Waals surface area contributed by atoms with E-state index in [-0.39, 0.29) is 30.9 Å². The van der Waals surface area contributed by atoms with Crippen molar-refractivity contribution in [3.63, 3.8) is 0 Å². The maximum Gasteiger partial charge on any atom is 0.313 e. The summed E-state index contributed by atoms with van der Waals surface area (Å²) in [5.41, 5.74) is -0.197. The Labute approximate surface area is 146 Å². The molecular weight excluding hydrogens is 348 g/mol. The summed E-state index contributed by atoms with van der Waals surface area (Å²) in [6.07, 6.45) is 2.02. The van der Waals surface area contributed by atoms with Crippen molar-refractivity contribution >= 4 is 30.5 Å².